The highest BCUT2D eigenvalue weighted by atomic mass is 16.3. The minimum absolute atomic E-state index is 0.208. The molecule has 0 aliphatic heterocycles. The third-order valence-electron chi connectivity index (χ3n) is 13.2. The van der Waals surface area contributed by atoms with Crippen molar-refractivity contribution in [3.05, 3.63) is 12.2 Å². The Morgan fingerprint density at radius 1 is 0.818 bits per heavy atom. The van der Waals surface area contributed by atoms with Crippen LogP contribution >= 0.6 is 0 Å². The molecule has 0 radical (unpaired) electrons. The Morgan fingerprint density at radius 2 is 1.42 bits per heavy atom. The molecule has 0 spiro atoms. The van der Waals surface area contributed by atoms with E-state index in [2.05, 4.69) is 55.0 Å². The van der Waals surface area contributed by atoms with Crippen LogP contribution in [0.4, 0.5) is 0 Å². The zero-order chi connectivity index (χ0) is 24.6. The number of rotatable bonds is 5. The SMILES string of the molecule is C=C(C)C(O)CC[C@H](O)C1CCC2[C@]3(C)CCC4C(C)(C)[C@@H](C)CC[C@]4(C)C3C[C@@H](C)[C@]12C. The van der Waals surface area contributed by atoms with Gasteiger partial charge in [0.25, 0.3) is 0 Å². The fourth-order valence-electron chi connectivity index (χ4n) is 10.7. The maximum atomic E-state index is 11.4. The normalized spacial score (nSPS) is 50.6. The minimum Gasteiger partial charge on any atom is -0.393 e. The average molecular weight is 459 g/mol. The standard InChI is InChI=1S/C31H54O2/c1-19(2)23(32)11-12-24(33)22-10-13-26-30(8)17-15-25-28(5,6)20(3)14-16-29(25,7)27(30)18-21(4)31(22,26)9/h20-27,32-33H,1,10-18H2,2-9H3/t20-,21+,22?,23?,24-,25?,26?,27?,29-,30-,31+/m0/s1. The van der Waals surface area contributed by atoms with Crippen molar-refractivity contribution in [2.45, 2.75) is 125 Å². The van der Waals surface area contributed by atoms with Gasteiger partial charge in [-0.15, -0.1) is 0 Å². The van der Waals surface area contributed by atoms with Gasteiger partial charge in [0.1, 0.15) is 0 Å². The van der Waals surface area contributed by atoms with Gasteiger partial charge in [0.15, 0.2) is 0 Å². The Morgan fingerprint density at radius 3 is 2.06 bits per heavy atom. The molecule has 190 valence electrons. The summed E-state index contributed by atoms with van der Waals surface area (Å²) in [5.74, 6) is 4.20. The number of fused-ring (bicyclic) bond motifs is 5. The first kappa shape index (κ1) is 25.7. The van der Waals surface area contributed by atoms with Crippen molar-refractivity contribution in [2.75, 3.05) is 0 Å². The molecule has 0 heterocycles. The van der Waals surface area contributed by atoms with Gasteiger partial charge in [-0.05, 0) is 122 Å². The largest absolute Gasteiger partial charge is 0.393 e. The van der Waals surface area contributed by atoms with Crippen molar-refractivity contribution in [2.24, 2.45) is 57.2 Å². The van der Waals surface area contributed by atoms with Crippen LogP contribution < -0.4 is 0 Å². The lowest BCUT2D eigenvalue weighted by molar-refractivity contribution is -0.216. The number of aliphatic hydroxyl groups is 2. The van der Waals surface area contributed by atoms with Gasteiger partial charge in [-0.3, -0.25) is 0 Å². The van der Waals surface area contributed by atoms with Gasteiger partial charge in [-0.2, -0.15) is 0 Å². The van der Waals surface area contributed by atoms with Crippen molar-refractivity contribution in [3.8, 4) is 0 Å². The molecule has 0 saturated heterocycles. The lowest BCUT2D eigenvalue weighted by atomic mass is 9.35. The molecule has 2 heteroatoms. The summed E-state index contributed by atoms with van der Waals surface area (Å²) >= 11 is 0. The number of hydrogen-bond acceptors (Lipinski definition) is 2. The lowest BCUT2D eigenvalue weighted by Crippen LogP contribution is -2.63. The zero-order valence-electron chi connectivity index (χ0n) is 23.1. The Kier molecular flexibility index (Phi) is 6.52. The Bertz CT molecular complexity index is 756. The molecule has 4 aliphatic rings. The van der Waals surface area contributed by atoms with Crippen LogP contribution in [-0.4, -0.2) is 22.4 Å². The summed E-state index contributed by atoms with van der Waals surface area (Å²) in [6.45, 7) is 23.8. The van der Waals surface area contributed by atoms with Crippen molar-refractivity contribution >= 4 is 0 Å². The van der Waals surface area contributed by atoms with Gasteiger partial charge < -0.3 is 10.2 Å². The van der Waals surface area contributed by atoms with E-state index in [1.807, 2.05) is 6.92 Å². The smallest absolute Gasteiger partial charge is 0.0745 e. The summed E-state index contributed by atoms with van der Waals surface area (Å²) < 4.78 is 0. The fourth-order valence-corrected chi connectivity index (χ4v) is 10.7. The summed E-state index contributed by atoms with van der Waals surface area (Å²) in [6, 6.07) is 0. The summed E-state index contributed by atoms with van der Waals surface area (Å²) in [6.07, 6.45) is 9.85. The molecule has 4 aliphatic carbocycles. The number of aliphatic hydroxyl groups excluding tert-OH is 2. The molecular weight excluding hydrogens is 404 g/mol. The highest BCUT2D eigenvalue weighted by Gasteiger charge is 2.68. The van der Waals surface area contributed by atoms with Crippen LogP contribution in [0.25, 0.3) is 0 Å². The third-order valence-corrected chi connectivity index (χ3v) is 13.2. The van der Waals surface area contributed by atoms with Crippen molar-refractivity contribution < 1.29 is 10.2 Å². The van der Waals surface area contributed by atoms with Crippen LogP contribution in [0, 0.1) is 57.2 Å². The van der Waals surface area contributed by atoms with Crippen LogP contribution in [0.2, 0.25) is 0 Å². The zero-order valence-corrected chi connectivity index (χ0v) is 23.1. The molecule has 0 bridgehead atoms. The molecule has 2 N–H and O–H groups in total. The second-order valence-electron chi connectivity index (χ2n) is 14.7. The molecule has 4 rings (SSSR count). The van der Waals surface area contributed by atoms with E-state index in [0.29, 0.717) is 46.8 Å². The van der Waals surface area contributed by atoms with Crippen LogP contribution in [0.3, 0.4) is 0 Å². The molecule has 33 heavy (non-hydrogen) atoms. The van der Waals surface area contributed by atoms with Crippen LogP contribution in [0.1, 0.15) is 113 Å². The first-order valence-electron chi connectivity index (χ1n) is 14.2. The molecule has 0 aromatic rings. The Hall–Kier alpha value is -0.340. The topological polar surface area (TPSA) is 40.5 Å². The molecule has 4 saturated carbocycles. The molecule has 11 atom stereocenters. The highest BCUT2D eigenvalue weighted by Crippen LogP contribution is 2.75. The summed E-state index contributed by atoms with van der Waals surface area (Å²) in [7, 11) is 0. The van der Waals surface area contributed by atoms with Crippen molar-refractivity contribution in [1.82, 2.24) is 0 Å². The molecule has 0 aromatic heterocycles. The summed E-state index contributed by atoms with van der Waals surface area (Å²) in [5.41, 5.74) is 2.32. The van der Waals surface area contributed by atoms with Gasteiger partial charge in [0.05, 0.1) is 12.2 Å². The van der Waals surface area contributed by atoms with E-state index < -0.39 is 6.10 Å². The fraction of sp³-hybridized carbons (Fsp3) is 0.935. The second-order valence-corrected chi connectivity index (χ2v) is 14.7. The predicted octanol–water partition coefficient (Wildman–Crippen LogP) is 7.63. The molecule has 2 nitrogen and oxygen atoms in total. The van der Waals surface area contributed by atoms with E-state index >= 15 is 0 Å². The monoisotopic (exact) mass is 458 g/mol. The highest BCUT2D eigenvalue weighted by molar-refractivity contribution is 5.17. The third kappa shape index (κ3) is 3.62. The predicted molar refractivity (Wildman–Crippen MR) is 139 cm³/mol. The quantitative estimate of drug-likeness (QED) is 0.416. The van der Waals surface area contributed by atoms with E-state index in [1.54, 1.807) is 0 Å². The molecule has 4 fully saturated rings. The molecule has 0 aromatic carbocycles. The average Bonchev–Trinajstić information content (AvgIpc) is 3.11. The van der Waals surface area contributed by atoms with Gasteiger partial charge in [0.2, 0.25) is 0 Å². The molecular formula is C31H54O2. The van der Waals surface area contributed by atoms with Gasteiger partial charge in [-0.1, -0.05) is 60.6 Å². The molecule has 5 unspecified atom stereocenters. The maximum Gasteiger partial charge on any atom is 0.0745 e. The second kappa shape index (κ2) is 8.36. The van der Waals surface area contributed by atoms with Crippen LogP contribution in [0.5, 0.6) is 0 Å². The van der Waals surface area contributed by atoms with Crippen LogP contribution in [-0.2, 0) is 0 Å². The van der Waals surface area contributed by atoms with E-state index in [9.17, 15) is 10.2 Å². The van der Waals surface area contributed by atoms with Crippen molar-refractivity contribution in [1.29, 1.82) is 0 Å². The van der Waals surface area contributed by atoms with E-state index in [1.165, 1.54) is 38.5 Å². The molecule has 0 amide bonds. The van der Waals surface area contributed by atoms with Crippen LogP contribution in [0.15, 0.2) is 12.2 Å². The van der Waals surface area contributed by atoms with Gasteiger partial charge in [-0.25, -0.2) is 0 Å². The van der Waals surface area contributed by atoms with E-state index in [0.717, 1.165) is 29.7 Å². The summed E-state index contributed by atoms with van der Waals surface area (Å²) in [4.78, 5) is 0. The van der Waals surface area contributed by atoms with Gasteiger partial charge in [0, 0.05) is 0 Å². The maximum absolute atomic E-state index is 11.4. The lowest BCUT2D eigenvalue weighted by Gasteiger charge is -2.70. The first-order chi connectivity index (χ1) is 15.2. The summed E-state index contributed by atoms with van der Waals surface area (Å²) in [5, 5.41) is 21.6. The van der Waals surface area contributed by atoms with Crippen molar-refractivity contribution in [3.63, 3.8) is 0 Å². The van der Waals surface area contributed by atoms with Gasteiger partial charge >= 0.3 is 0 Å². The Balaban J connectivity index is 1.61. The Labute approximate surface area is 205 Å². The minimum atomic E-state index is -0.484. The number of hydrogen-bond donors (Lipinski definition) is 2. The van der Waals surface area contributed by atoms with E-state index in [4.69, 9.17) is 0 Å². The van der Waals surface area contributed by atoms with E-state index in [-0.39, 0.29) is 11.5 Å². The first-order valence-corrected chi connectivity index (χ1v) is 14.2.